The van der Waals surface area contributed by atoms with Crippen LogP contribution in [-0.2, 0) is 0 Å². The number of nitrogens with one attached hydrogen (secondary N) is 1. The van der Waals surface area contributed by atoms with Gasteiger partial charge in [0, 0.05) is 22.8 Å². The monoisotopic (exact) mass is 262 g/mol. The Morgan fingerprint density at radius 2 is 1.89 bits per heavy atom. The Hall–Kier alpha value is -1.81. The lowest BCUT2D eigenvalue weighted by Crippen LogP contribution is -2.09. The fourth-order valence-corrected chi connectivity index (χ4v) is 1.85. The molecule has 2 rings (SSSR count). The van der Waals surface area contributed by atoms with Crippen LogP contribution >= 0.6 is 11.6 Å². The Kier molecular flexibility index (Phi) is 3.67. The van der Waals surface area contributed by atoms with Crippen molar-refractivity contribution in [2.45, 2.75) is 19.9 Å². The molecule has 0 fully saturated rings. The van der Waals surface area contributed by atoms with Crippen LogP contribution in [0.2, 0.25) is 5.02 Å². The first kappa shape index (κ1) is 12.6. The first-order valence-corrected chi connectivity index (χ1v) is 6.05. The highest BCUT2D eigenvalue weighted by Gasteiger charge is 2.07. The van der Waals surface area contributed by atoms with Crippen molar-refractivity contribution in [2.75, 3.05) is 11.1 Å². The standard InChI is InChI=1S/C13H15ClN4/c1-8-7-12(18-13(15)16-8)17-9(2)10-3-5-11(14)6-4-10/h3-7,9H,1-2H3,(H3,15,16,17,18). The molecule has 0 bridgehead atoms. The van der Waals surface area contributed by atoms with Crippen molar-refractivity contribution in [2.24, 2.45) is 0 Å². The molecule has 0 aliphatic rings. The normalized spacial score (nSPS) is 12.2. The summed E-state index contributed by atoms with van der Waals surface area (Å²) in [6, 6.07) is 9.69. The van der Waals surface area contributed by atoms with Crippen LogP contribution in [-0.4, -0.2) is 9.97 Å². The van der Waals surface area contributed by atoms with Crippen LogP contribution in [0.4, 0.5) is 11.8 Å². The summed E-state index contributed by atoms with van der Waals surface area (Å²) in [6.45, 7) is 3.94. The minimum Gasteiger partial charge on any atom is -0.368 e. The number of rotatable bonds is 3. The molecule has 0 amide bonds. The summed E-state index contributed by atoms with van der Waals surface area (Å²) in [6.07, 6.45) is 0. The highest BCUT2D eigenvalue weighted by molar-refractivity contribution is 6.30. The van der Waals surface area contributed by atoms with Crippen molar-refractivity contribution in [3.8, 4) is 0 Å². The number of hydrogen-bond acceptors (Lipinski definition) is 4. The predicted molar refractivity (Wildman–Crippen MR) is 74.7 cm³/mol. The van der Waals surface area contributed by atoms with Crippen molar-refractivity contribution in [3.05, 3.63) is 46.6 Å². The van der Waals surface area contributed by atoms with E-state index in [9.17, 15) is 0 Å². The number of aryl methyl sites for hydroxylation is 1. The van der Waals surface area contributed by atoms with E-state index in [4.69, 9.17) is 17.3 Å². The van der Waals surface area contributed by atoms with E-state index in [1.165, 1.54) is 0 Å². The number of halogens is 1. The second kappa shape index (κ2) is 5.23. The second-order valence-corrected chi connectivity index (χ2v) is 4.61. The number of aromatic nitrogens is 2. The lowest BCUT2D eigenvalue weighted by atomic mass is 10.1. The number of hydrogen-bond donors (Lipinski definition) is 2. The van der Waals surface area contributed by atoms with Gasteiger partial charge in [-0.2, -0.15) is 4.98 Å². The SMILES string of the molecule is Cc1cc(NC(C)c2ccc(Cl)cc2)nc(N)n1. The van der Waals surface area contributed by atoms with Gasteiger partial charge in [-0.15, -0.1) is 0 Å². The van der Waals surface area contributed by atoms with E-state index < -0.39 is 0 Å². The highest BCUT2D eigenvalue weighted by Crippen LogP contribution is 2.20. The maximum absolute atomic E-state index is 5.86. The van der Waals surface area contributed by atoms with Gasteiger partial charge < -0.3 is 11.1 Å². The van der Waals surface area contributed by atoms with Gasteiger partial charge >= 0.3 is 0 Å². The van der Waals surface area contributed by atoms with Crippen molar-refractivity contribution in [3.63, 3.8) is 0 Å². The maximum Gasteiger partial charge on any atom is 0.222 e. The molecule has 0 radical (unpaired) electrons. The number of anilines is 2. The van der Waals surface area contributed by atoms with Gasteiger partial charge in [-0.05, 0) is 31.5 Å². The summed E-state index contributed by atoms with van der Waals surface area (Å²) in [5.41, 5.74) is 7.59. The molecule has 1 atom stereocenters. The molecule has 0 saturated carbocycles. The molecule has 1 unspecified atom stereocenters. The zero-order valence-corrected chi connectivity index (χ0v) is 11.1. The number of nitrogens with zero attached hydrogens (tertiary/aromatic N) is 2. The number of nitrogen functional groups attached to an aromatic ring is 1. The van der Waals surface area contributed by atoms with Gasteiger partial charge in [0.25, 0.3) is 0 Å². The van der Waals surface area contributed by atoms with Crippen LogP contribution in [0.3, 0.4) is 0 Å². The summed E-state index contributed by atoms with van der Waals surface area (Å²) >= 11 is 5.86. The van der Waals surface area contributed by atoms with Gasteiger partial charge in [0.1, 0.15) is 5.82 Å². The van der Waals surface area contributed by atoms with E-state index in [0.717, 1.165) is 22.1 Å². The molecule has 4 nitrogen and oxygen atoms in total. The first-order valence-electron chi connectivity index (χ1n) is 5.68. The Labute approximate surface area is 111 Å². The summed E-state index contributed by atoms with van der Waals surface area (Å²) in [7, 11) is 0. The lowest BCUT2D eigenvalue weighted by Gasteiger charge is -2.15. The minimum absolute atomic E-state index is 0.121. The van der Waals surface area contributed by atoms with Gasteiger partial charge in [-0.3, -0.25) is 0 Å². The molecule has 1 heterocycles. The van der Waals surface area contributed by atoms with E-state index in [1.807, 2.05) is 37.3 Å². The molecular weight excluding hydrogens is 248 g/mol. The van der Waals surface area contributed by atoms with Gasteiger partial charge in [-0.1, -0.05) is 23.7 Å². The van der Waals surface area contributed by atoms with E-state index >= 15 is 0 Å². The molecule has 0 saturated heterocycles. The van der Waals surface area contributed by atoms with E-state index in [-0.39, 0.29) is 12.0 Å². The Bertz CT molecular complexity index is 519. The average molecular weight is 263 g/mol. The smallest absolute Gasteiger partial charge is 0.222 e. The number of benzene rings is 1. The molecule has 18 heavy (non-hydrogen) atoms. The molecule has 3 N–H and O–H groups in total. The predicted octanol–water partition coefficient (Wildman–Crippen LogP) is 3.19. The fraction of sp³-hybridized carbons (Fsp3) is 0.231. The Balaban J connectivity index is 2.15. The first-order chi connectivity index (χ1) is 8.54. The van der Waals surface area contributed by atoms with E-state index in [1.54, 1.807) is 0 Å². The molecule has 1 aromatic heterocycles. The van der Waals surface area contributed by atoms with Crippen molar-refractivity contribution >= 4 is 23.4 Å². The lowest BCUT2D eigenvalue weighted by molar-refractivity contribution is 0.871. The van der Waals surface area contributed by atoms with Gasteiger partial charge in [0.05, 0.1) is 0 Å². The van der Waals surface area contributed by atoms with E-state index in [2.05, 4.69) is 22.2 Å². The van der Waals surface area contributed by atoms with Crippen molar-refractivity contribution in [1.29, 1.82) is 0 Å². The van der Waals surface area contributed by atoms with Crippen molar-refractivity contribution in [1.82, 2.24) is 9.97 Å². The molecule has 94 valence electrons. The largest absolute Gasteiger partial charge is 0.368 e. The molecule has 5 heteroatoms. The summed E-state index contributed by atoms with van der Waals surface area (Å²) in [4.78, 5) is 8.18. The van der Waals surface area contributed by atoms with Crippen LogP contribution in [0, 0.1) is 6.92 Å². The highest BCUT2D eigenvalue weighted by atomic mass is 35.5. The average Bonchev–Trinajstić information content (AvgIpc) is 2.28. The summed E-state index contributed by atoms with van der Waals surface area (Å²) in [5.74, 6) is 1.00. The molecular formula is C13H15ClN4. The third-order valence-corrected chi connectivity index (χ3v) is 2.86. The van der Waals surface area contributed by atoms with Crippen LogP contribution < -0.4 is 11.1 Å². The van der Waals surface area contributed by atoms with Crippen LogP contribution in [0.5, 0.6) is 0 Å². The summed E-state index contributed by atoms with van der Waals surface area (Å²) in [5, 5.41) is 4.01. The third kappa shape index (κ3) is 3.11. The van der Waals surface area contributed by atoms with Gasteiger partial charge in [0.15, 0.2) is 0 Å². The van der Waals surface area contributed by atoms with Gasteiger partial charge in [-0.25, -0.2) is 4.98 Å². The third-order valence-electron chi connectivity index (χ3n) is 2.61. The number of nitrogens with two attached hydrogens (primary N) is 1. The minimum atomic E-state index is 0.121. The van der Waals surface area contributed by atoms with Gasteiger partial charge in [0.2, 0.25) is 5.95 Å². The maximum atomic E-state index is 5.86. The zero-order valence-electron chi connectivity index (χ0n) is 10.3. The Morgan fingerprint density at radius 1 is 1.22 bits per heavy atom. The Morgan fingerprint density at radius 3 is 2.50 bits per heavy atom. The van der Waals surface area contributed by atoms with Crippen molar-refractivity contribution < 1.29 is 0 Å². The molecule has 2 aromatic rings. The molecule has 0 aliphatic carbocycles. The molecule has 0 aliphatic heterocycles. The van der Waals surface area contributed by atoms with Crippen LogP contribution in [0.15, 0.2) is 30.3 Å². The second-order valence-electron chi connectivity index (χ2n) is 4.17. The van der Waals surface area contributed by atoms with Crippen LogP contribution in [0.25, 0.3) is 0 Å². The van der Waals surface area contributed by atoms with Crippen LogP contribution in [0.1, 0.15) is 24.2 Å². The summed E-state index contributed by atoms with van der Waals surface area (Å²) < 4.78 is 0. The zero-order chi connectivity index (χ0) is 13.1. The molecule has 1 aromatic carbocycles. The fourth-order valence-electron chi connectivity index (χ4n) is 1.72. The quantitative estimate of drug-likeness (QED) is 0.892. The molecule has 0 spiro atoms. The topological polar surface area (TPSA) is 63.8 Å². The van der Waals surface area contributed by atoms with E-state index in [0.29, 0.717) is 0 Å².